The molecule has 2 aliphatic heterocycles. The molecule has 1 aromatic heterocycles. The molecule has 1 aromatic carbocycles. The second kappa shape index (κ2) is 6.71. The van der Waals surface area contributed by atoms with E-state index in [1.165, 1.54) is 0 Å². The lowest BCUT2D eigenvalue weighted by Crippen LogP contribution is -2.31. The Bertz CT molecular complexity index is 915. The molecule has 2 atom stereocenters. The second-order valence-electron chi connectivity index (χ2n) is 6.71. The minimum atomic E-state index is -0.930. The highest BCUT2D eigenvalue weighted by Gasteiger charge is 2.40. The number of carboxylic acids is 1. The highest BCUT2D eigenvalue weighted by atomic mass is 16.4. The summed E-state index contributed by atoms with van der Waals surface area (Å²) in [7, 11) is 0. The van der Waals surface area contributed by atoms with Gasteiger partial charge in [0, 0.05) is 37.0 Å². The molecule has 0 saturated carbocycles. The molecule has 2 aromatic rings. The fourth-order valence-electron chi connectivity index (χ4n) is 3.64. The van der Waals surface area contributed by atoms with E-state index in [2.05, 4.69) is 15.6 Å². The van der Waals surface area contributed by atoms with Gasteiger partial charge in [-0.1, -0.05) is 6.07 Å². The number of fused-ring (bicyclic) bond motifs is 1. The Balaban J connectivity index is 1.58. The standard InChI is InChI=1S/C19H18N4O4/c24-17-8-21-15-4-3-11(6-16(15)22-17)18(25)23-9-13(14(10-23)19(26)27)12-2-1-5-20-7-12/h1-7,13-14,21H,8-10H2,(H,22,24)(H,26,27)/t13-,14+/m0/s1. The minimum absolute atomic E-state index is 0.134. The third kappa shape index (κ3) is 3.21. The van der Waals surface area contributed by atoms with Crippen molar-refractivity contribution in [3.8, 4) is 0 Å². The lowest BCUT2D eigenvalue weighted by Gasteiger charge is -2.21. The van der Waals surface area contributed by atoms with Gasteiger partial charge in [0.05, 0.1) is 23.8 Å². The van der Waals surface area contributed by atoms with Crippen LogP contribution in [0.1, 0.15) is 21.8 Å². The highest BCUT2D eigenvalue weighted by molar-refractivity contribution is 6.03. The predicted molar refractivity (Wildman–Crippen MR) is 97.6 cm³/mol. The van der Waals surface area contributed by atoms with Crippen molar-refractivity contribution in [1.82, 2.24) is 9.88 Å². The number of hydrogen-bond donors (Lipinski definition) is 3. The van der Waals surface area contributed by atoms with Gasteiger partial charge in [-0.05, 0) is 29.8 Å². The van der Waals surface area contributed by atoms with Crippen LogP contribution in [0.15, 0.2) is 42.7 Å². The third-order valence-electron chi connectivity index (χ3n) is 5.02. The summed E-state index contributed by atoms with van der Waals surface area (Å²) in [5.41, 5.74) is 2.52. The fourth-order valence-corrected chi connectivity index (χ4v) is 3.64. The van der Waals surface area contributed by atoms with E-state index in [1.807, 2.05) is 6.07 Å². The number of aliphatic carboxylic acids is 1. The van der Waals surface area contributed by atoms with Crippen molar-refractivity contribution in [3.05, 3.63) is 53.9 Å². The molecule has 0 unspecified atom stereocenters. The van der Waals surface area contributed by atoms with Crippen molar-refractivity contribution in [1.29, 1.82) is 0 Å². The molecule has 1 fully saturated rings. The Hall–Kier alpha value is -3.42. The van der Waals surface area contributed by atoms with E-state index in [9.17, 15) is 19.5 Å². The Morgan fingerprint density at radius 2 is 2.04 bits per heavy atom. The summed E-state index contributed by atoms with van der Waals surface area (Å²) in [6.07, 6.45) is 3.28. The molecule has 1 saturated heterocycles. The van der Waals surface area contributed by atoms with E-state index in [0.29, 0.717) is 17.8 Å². The van der Waals surface area contributed by atoms with E-state index < -0.39 is 11.9 Å². The Labute approximate surface area is 155 Å². The number of carbonyl (C=O) groups is 3. The molecule has 0 spiro atoms. The normalized spacial score (nSPS) is 21.2. The molecule has 3 N–H and O–H groups in total. The van der Waals surface area contributed by atoms with E-state index in [-0.39, 0.29) is 30.8 Å². The quantitative estimate of drug-likeness (QED) is 0.757. The number of likely N-dealkylation sites (tertiary alicyclic amines) is 1. The van der Waals surface area contributed by atoms with Crippen LogP contribution in [0.25, 0.3) is 0 Å². The van der Waals surface area contributed by atoms with E-state index in [0.717, 1.165) is 11.3 Å². The number of hydrogen-bond acceptors (Lipinski definition) is 5. The maximum Gasteiger partial charge on any atom is 0.308 e. The Morgan fingerprint density at radius 1 is 1.19 bits per heavy atom. The van der Waals surface area contributed by atoms with Gasteiger partial charge in [0.25, 0.3) is 5.91 Å². The number of carbonyl (C=O) groups excluding carboxylic acids is 2. The SMILES string of the molecule is O=C1CNc2ccc(C(=O)N3C[C@@H](C(=O)O)[C@H](c4cccnc4)C3)cc2N1. The van der Waals surface area contributed by atoms with E-state index >= 15 is 0 Å². The van der Waals surface area contributed by atoms with Crippen molar-refractivity contribution in [3.63, 3.8) is 0 Å². The van der Waals surface area contributed by atoms with Crippen molar-refractivity contribution in [2.75, 3.05) is 30.3 Å². The molecule has 0 bridgehead atoms. The van der Waals surface area contributed by atoms with Crippen molar-refractivity contribution in [2.24, 2.45) is 5.92 Å². The number of anilines is 2. The second-order valence-corrected chi connectivity index (χ2v) is 6.71. The van der Waals surface area contributed by atoms with Gasteiger partial charge in [-0.25, -0.2) is 0 Å². The summed E-state index contributed by atoms with van der Waals surface area (Å²) < 4.78 is 0. The number of pyridine rings is 1. The van der Waals surface area contributed by atoms with Crippen LogP contribution in [-0.4, -0.2) is 52.4 Å². The predicted octanol–water partition coefficient (Wildman–Crippen LogP) is 1.39. The van der Waals surface area contributed by atoms with Crippen LogP contribution in [-0.2, 0) is 9.59 Å². The van der Waals surface area contributed by atoms with E-state index in [4.69, 9.17) is 0 Å². The maximum atomic E-state index is 12.9. The van der Waals surface area contributed by atoms with Crippen LogP contribution in [0.3, 0.4) is 0 Å². The van der Waals surface area contributed by atoms with Crippen LogP contribution in [0.4, 0.5) is 11.4 Å². The van der Waals surface area contributed by atoms with Gasteiger partial charge < -0.3 is 20.6 Å². The first kappa shape index (κ1) is 17.0. The largest absolute Gasteiger partial charge is 0.481 e. The summed E-state index contributed by atoms with van der Waals surface area (Å²) in [5.74, 6) is -2.34. The molecule has 2 amide bonds. The van der Waals surface area contributed by atoms with Gasteiger partial charge in [-0.3, -0.25) is 19.4 Å². The fraction of sp³-hybridized carbons (Fsp3) is 0.263. The smallest absolute Gasteiger partial charge is 0.308 e. The van der Waals surface area contributed by atoms with Gasteiger partial charge >= 0.3 is 5.97 Å². The summed E-state index contributed by atoms with van der Waals surface area (Å²) >= 11 is 0. The van der Waals surface area contributed by atoms with Crippen molar-refractivity contribution >= 4 is 29.2 Å². The van der Waals surface area contributed by atoms with Crippen LogP contribution in [0, 0.1) is 5.92 Å². The minimum Gasteiger partial charge on any atom is -0.481 e. The van der Waals surface area contributed by atoms with Crippen molar-refractivity contribution in [2.45, 2.75) is 5.92 Å². The number of nitrogens with one attached hydrogen (secondary N) is 2. The average molecular weight is 366 g/mol. The zero-order valence-electron chi connectivity index (χ0n) is 14.4. The first-order chi connectivity index (χ1) is 13.0. The maximum absolute atomic E-state index is 12.9. The molecular formula is C19H18N4O4. The number of aromatic nitrogens is 1. The lowest BCUT2D eigenvalue weighted by molar-refractivity contribution is -0.141. The van der Waals surface area contributed by atoms with Gasteiger partial charge in [0.15, 0.2) is 0 Å². The monoisotopic (exact) mass is 366 g/mol. The summed E-state index contributed by atoms with van der Waals surface area (Å²) in [4.78, 5) is 41.8. The van der Waals surface area contributed by atoms with Crippen LogP contribution in [0.5, 0.6) is 0 Å². The van der Waals surface area contributed by atoms with E-state index in [1.54, 1.807) is 41.6 Å². The summed E-state index contributed by atoms with van der Waals surface area (Å²) in [6.45, 7) is 0.637. The number of carboxylic acid groups (broad SMARTS) is 1. The van der Waals surface area contributed by atoms with Crippen molar-refractivity contribution < 1.29 is 19.5 Å². The van der Waals surface area contributed by atoms with Gasteiger partial charge in [0.2, 0.25) is 5.91 Å². The molecule has 2 aliphatic rings. The van der Waals surface area contributed by atoms with Crippen LogP contribution in [0.2, 0.25) is 0 Å². The average Bonchev–Trinajstić information content (AvgIpc) is 3.13. The number of rotatable bonds is 3. The molecular weight excluding hydrogens is 348 g/mol. The van der Waals surface area contributed by atoms with Crippen LogP contribution < -0.4 is 10.6 Å². The zero-order chi connectivity index (χ0) is 19.0. The number of amides is 2. The topological polar surface area (TPSA) is 112 Å². The summed E-state index contributed by atoms with van der Waals surface area (Å²) in [6, 6.07) is 8.64. The van der Waals surface area contributed by atoms with Gasteiger partial charge in [0.1, 0.15) is 0 Å². The number of benzene rings is 1. The molecule has 8 nitrogen and oxygen atoms in total. The Morgan fingerprint density at radius 3 is 2.78 bits per heavy atom. The van der Waals surface area contributed by atoms with Crippen LogP contribution >= 0.6 is 0 Å². The lowest BCUT2D eigenvalue weighted by atomic mass is 9.90. The highest BCUT2D eigenvalue weighted by Crippen LogP contribution is 2.34. The molecule has 4 rings (SSSR count). The molecule has 27 heavy (non-hydrogen) atoms. The Kier molecular flexibility index (Phi) is 4.23. The van der Waals surface area contributed by atoms with Gasteiger partial charge in [-0.15, -0.1) is 0 Å². The van der Waals surface area contributed by atoms with Gasteiger partial charge in [-0.2, -0.15) is 0 Å². The first-order valence-corrected chi connectivity index (χ1v) is 8.62. The molecule has 0 aliphatic carbocycles. The first-order valence-electron chi connectivity index (χ1n) is 8.62. The molecule has 8 heteroatoms. The number of nitrogens with zero attached hydrogens (tertiary/aromatic N) is 2. The zero-order valence-corrected chi connectivity index (χ0v) is 14.4. The summed E-state index contributed by atoms with van der Waals surface area (Å²) in [5, 5.41) is 15.3. The molecule has 138 valence electrons. The molecule has 3 heterocycles. The molecule has 0 radical (unpaired) electrons. The third-order valence-corrected chi connectivity index (χ3v) is 5.02.